The summed E-state index contributed by atoms with van der Waals surface area (Å²) in [7, 11) is 0. The average molecular weight is 461 g/mol. The molecule has 0 unspecified atom stereocenters. The summed E-state index contributed by atoms with van der Waals surface area (Å²) in [6, 6.07) is 21.0. The topological polar surface area (TPSA) is 90.4 Å². The van der Waals surface area contributed by atoms with Crippen molar-refractivity contribution >= 4 is 44.1 Å². The summed E-state index contributed by atoms with van der Waals surface area (Å²) in [6.45, 7) is 0. The van der Waals surface area contributed by atoms with Gasteiger partial charge in [0.25, 0.3) is 0 Å². The Labute approximate surface area is 180 Å². The number of anilines is 1. The highest BCUT2D eigenvalue weighted by Crippen LogP contribution is 2.45. The van der Waals surface area contributed by atoms with Crippen molar-refractivity contribution in [2.45, 2.75) is 5.92 Å². The molecule has 1 amide bonds. The van der Waals surface area contributed by atoms with Gasteiger partial charge in [-0.05, 0) is 29.8 Å². The molecular formula is C23H17BrN4O2. The van der Waals surface area contributed by atoms with Crippen LogP contribution < -0.4 is 5.32 Å². The number of amides is 1. The van der Waals surface area contributed by atoms with Gasteiger partial charge >= 0.3 is 0 Å². The zero-order chi connectivity index (χ0) is 20.7. The molecule has 5 rings (SSSR count). The quantitative estimate of drug-likeness (QED) is 0.230. The van der Waals surface area contributed by atoms with E-state index >= 15 is 0 Å². The number of H-pyrrole nitrogens is 1. The highest BCUT2D eigenvalue weighted by atomic mass is 79.9. The van der Waals surface area contributed by atoms with Crippen molar-refractivity contribution in [2.24, 2.45) is 11.1 Å². The summed E-state index contributed by atoms with van der Waals surface area (Å²) in [4.78, 5) is 13.3. The standard InChI is InChI=1S/C23H17BrN4O2/c24-16-8-4-7-14(11-16)18-19-17(10-9-15-12-25-27-21(15)19)26-23(29)20(18)22(28-30)13-5-2-1-3-6-13/h1-12,18,20,30H,(H,25,27)(H,26,29)/b28-22-/t18-,20-/m0/s1. The minimum atomic E-state index is -0.729. The van der Waals surface area contributed by atoms with Crippen molar-refractivity contribution in [1.82, 2.24) is 10.2 Å². The van der Waals surface area contributed by atoms with Gasteiger partial charge < -0.3 is 10.5 Å². The normalized spacial score (nSPS) is 18.8. The van der Waals surface area contributed by atoms with E-state index < -0.39 is 5.92 Å². The number of hydrogen-bond donors (Lipinski definition) is 3. The molecule has 0 bridgehead atoms. The van der Waals surface area contributed by atoms with Crippen molar-refractivity contribution in [3.8, 4) is 0 Å². The number of rotatable bonds is 3. The Hall–Kier alpha value is -3.45. The molecule has 148 valence electrons. The van der Waals surface area contributed by atoms with Gasteiger partial charge in [-0.1, -0.05) is 63.6 Å². The average Bonchev–Trinajstić information content (AvgIpc) is 3.24. The molecule has 2 heterocycles. The molecule has 0 saturated carbocycles. The Balaban J connectivity index is 1.79. The van der Waals surface area contributed by atoms with Crippen LogP contribution in [0.1, 0.15) is 22.6 Å². The number of aromatic amines is 1. The van der Waals surface area contributed by atoms with E-state index in [4.69, 9.17) is 0 Å². The Morgan fingerprint density at radius 3 is 2.67 bits per heavy atom. The van der Waals surface area contributed by atoms with E-state index in [0.29, 0.717) is 11.3 Å². The lowest BCUT2D eigenvalue weighted by atomic mass is 9.73. The molecule has 0 aliphatic carbocycles. The second-order valence-electron chi connectivity index (χ2n) is 7.21. The second-order valence-corrected chi connectivity index (χ2v) is 8.13. The molecule has 0 fully saturated rings. The van der Waals surface area contributed by atoms with Gasteiger partial charge in [0.15, 0.2) is 0 Å². The van der Waals surface area contributed by atoms with E-state index in [-0.39, 0.29) is 11.8 Å². The van der Waals surface area contributed by atoms with Crippen LogP contribution in [0.25, 0.3) is 10.9 Å². The van der Waals surface area contributed by atoms with Gasteiger partial charge in [0.1, 0.15) is 5.71 Å². The molecule has 0 radical (unpaired) electrons. The molecule has 4 aromatic rings. The molecular weight excluding hydrogens is 444 g/mol. The van der Waals surface area contributed by atoms with Crippen molar-refractivity contribution in [1.29, 1.82) is 0 Å². The third-order valence-electron chi connectivity index (χ3n) is 5.52. The fourth-order valence-electron chi connectivity index (χ4n) is 4.25. The van der Waals surface area contributed by atoms with E-state index in [1.807, 2.05) is 66.7 Å². The number of aromatic nitrogens is 2. The second kappa shape index (κ2) is 7.42. The van der Waals surface area contributed by atoms with Crippen LogP contribution in [0.2, 0.25) is 0 Å². The van der Waals surface area contributed by atoms with Crippen LogP contribution in [0.3, 0.4) is 0 Å². The van der Waals surface area contributed by atoms with Gasteiger partial charge in [0.05, 0.1) is 17.6 Å². The minimum absolute atomic E-state index is 0.219. The first-order valence-corrected chi connectivity index (χ1v) is 10.3. The number of benzene rings is 3. The van der Waals surface area contributed by atoms with Gasteiger partial charge in [-0.15, -0.1) is 0 Å². The molecule has 1 aliphatic rings. The summed E-state index contributed by atoms with van der Waals surface area (Å²) >= 11 is 3.54. The van der Waals surface area contributed by atoms with E-state index in [1.54, 1.807) is 6.20 Å². The lowest BCUT2D eigenvalue weighted by Crippen LogP contribution is -2.40. The molecule has 3 N–H and O–H groups in total. The summed E-state index contributed by atoms with van der Waals surface area (Å²) in [5, 5.41) is 24.8. The molecule has 7 heteroatoms. The monoisotopic (exact) mass is 460 g/mol. The van der Waals surface area contributed by atoms with Crippen LogP contribution in [0.15, 0.2) is 82.6 Å². The van der Waals surface area contributed by atoms with Crippen LogP contribution in [0.5, 0.6) is 0 Å². The summed E-state index contributed by atoms with van der Waals surface area (Å²) in [6.07, 6.45) is 1.76. The summed E-state index contributed by atoms with van der Waals surface area (Å²) in [5.41, 5.74) is 4.45. The van der Waals surface area contributed by atoms with Crippen LogP contribution >= 0.6 is 15.9 Å². The number of halogens is 1. The number of hydrogen-bond acceptors (Lipinski definition) is 4. The molecule has 3 aromatic carbocycles. The van der Waals surface area contributed by atoms with Crippen LogP contribution in [0.4, 0.5) is 5.69 Å². The third-order valence-corrected chi connectivity index (χ3v) is 6.02. The zero-order valence-corrected chi connectivity index (χ0v) is 17.3. The number of carbonyl (C=O) groups is 1. The lowest BCUT2D eigenvalue weighted by Gasteiger charge is -2.34. The summed E-state index contributed by atoms with van der Waals surface area (Å²) < 4.78 is 0.908. The van der Waals surface area contributed by atoms with Gasteiger partial charge in [0.2, 0.25) is 5.91 Å². The smallest absolute Gasteiger partial charge is 0.234 e. The van der Waals surface area contributed by atoms with Crippen LogP contribution in [-0.2, 0) is 4.79 Å². The van der Waals surface area contributed by atoms with Gasteiger partial charge in [-0.3, -0.25) is 9.89 Å². The SMILES string of the molecule is O=C1Nc2ccc3cn[nH]c3c2[C@H](c2cccc(Br)c2)[C@H]1/C(=N\O)c1ccccc1. The van der Waals surface area contributed by atoms with Crippen molar-refractivity contribution in [3.05, 3.63) is 94.1 Å². The molecule has 0 saturated heterocycles. The lowest BCUT2D eigenvalue weighted by molar-refractivity contribution is -0.118. The molecule has 2 atom stereocenters. The first kappa shape index (κ1) is 18.6. The number of fused-ring (bicyclic) bond motifs is 3. The fourth-order valence-corrected chi connectivity index (χ4v) is 4.66. The summed E-state index contributed by atoms with van der Waals surface area (Å²) in [5.74, 6) is -1.32. The number of nitrogens with one attached hydrogen (secondary N) is 2. The predicted molar refractivity (Wildman–Crippen MR) is 119 cm³/mol. The first-order valence-electron chi connectivity index (χ1n) is 9.47. The molecule has 1 aromatic heterocycles. The van der Waals surface area contributed by atoms with E-state index in [9.17, 15) is 10.0 Å². The molecule has 0 spiro atoms. The van der Waals surface area contributed by atoms with Crippen molar-refractivity contribution in [2.75, 3.05) is 5.32 Å². The largest absolute Gasteiger partial charge is 0.411 e. The number of nitrogens with zero attached hydrogens (tertiary/aromatic N) is 2. The first-order chi connectivity index (χ1) is 14.7. The van der Waals surface area contributed by atoms with E-state index in [2.05, 4.69) is 36.6 Å². The van der Waals surface area contributed by atoms with Crippen LogP contribution in [-0.4, -0.2) is 27.0 Å². The van der Waals surface area contributed by atoms with Gasteiger partial charge in [-0.2, -0.15) is 5.10 Å². The maximum Gasteiger partial charge on any atom is 0.234 e. The molecule has 6 nitrogen and oxygen atoms in total. The van der Waals surface area contributed by atoms with Crippen molar-refractivity contribution < 1.29 is 10.0 Å². The predicted octanol–water partition coefficient (Wildman–Crippen LogP) is 4.90. The highest BCUT2D eigenvalue weighted by molar-refractivity contribution is 9.10. The number of oxime groups is 1. The van der Waals surface area contributed by atoms with E-state index in [1.165, 1.54) is 0 Å². The van der Waals surface area contributed by atoms with Crippen LogP contribution in [0, 0.1) is 5.92 Å². The fraction of sp³-hybridized carbons (Fsp3) is 0.0870. The Bertz CT molecular complexity index is 1280. The number of carbonyl (C=O) groups excluding carboxylic acids is 1. The molecule has 30 heavy (non-hydrogen) atoms. The van der Waals surface area contributed by atoms with E-state index in [0.717, 1.165) is 32.2 Å². The minimum Gasteiger partial charge on any atom is -0.411 e. The van der Waals surface area contributed by atoms with Gasteiger partial charge in [0, 0.05) is 32.6 Å². The maximum atomic E-state index is 13.3. The Kier molecular flexibility index (Phi) is 4.59. The highest BCUT2D eigenvalue weighted by Gasteiger charge is 2.42. The Morgan fingerprint density at radius 1 is 1.07 bits per heavy atom. The van der Waals surface area contributed by atoms with Gasteiger partial charge in [-0.25, -0.2) is 0 Å². The third kappa shape index (κ3) is 2.98. The maximum absolute atomic E-state index is 13.3. The molecule has 1 aliphatic heterocycles. The van der Waals surface area contributed by atoms with Crippen molar-refractivity contribution in [3.63, 3.8) is 0 Å². The Morgan fingerprint density at radius 2 is 1.90 bits per heavy atom. The zero-order valence-electron chi connectivity index (χ0n) is 15.7.